The molecule has 5 nitrogen and oxygen atoms in total. The van der Waals surface area contributed by atoms with Crippen LogP contribution in [-0.4, -0.2) is 29.5 Å². The monoisotopic (exact) mass is 331 g/mol. The van der Waals surface area contributed by atoms with Crippen molar-refractivity contribution >= 4 is 21.6 Å². The molecule has 0 fully saturated rings. The van der Waals surface area contributed by atoms with E-state index < -0.39 is 0 Å². The SMILES string of the molecule is CCCn1ncc(NCCOCC(C)C)c(Br)c1=O. The molecule has 0 saturated carbocycles. The Morgan fingerprint density at radius 2 is 2.26 bits per heavy atom. The highest BCUT2D eigenvalue weighted by molar-refractivity contribution is 9.10. The Morgan fingerprint density at radius 1 is 1.53 bits per heavy atom. The average molecular weight is 332 g/mol. The van der Waals surface area contributed by atoms with Gasteiger partial charge in [0.1, 0.15) is 4.47 Å². The average Bonchev–Trinajstić information content (AvgIpc) is 2.37. The minimum Gasteiger partial charge on any atom is -0.380 e. The van der Waals surface area contributed by atoms with Crippen LogP contribution in [0.2, 0.25) is 0 Å². The molecule has 1 rings (SSSR count). The topological polar surface area (TPSA) is 56.1 Å². The van der Waals surface area contributed by atoms with Gasteiger partial charge >= 0.3 is 0 Å². The zero-order valence-electron chi connectivity index (χ0n) is 11.8. The number of nitrogens with zero attached hydrogens (tertiary/aromatic N) is 2. The van der Waals surface area contributed by atoms with Crippen molar-refractivity contribution in [3.63, 3.8) is 0 Å². The van der Waals surface area contributed by atoms with Gasteiger partial charge in [-0.15, -0.1) is 0 Å². The molecule has 0 amide bonds. The third-order valence-electron chi connectivity index (χ3n) is 2.43. The number of halogens is 1. The number of hydrogen-bond acceptors (Lipinski definition) is 4. The van der Waals surface area contributed by atoms with Gasteiger partial charge in [-0.1, -0.05) is 20.8 Å². The number of nitrogens with one attached hydrogen (secondary N) is 1. The van der Waals surface area contributed by atoms with E-state index in [0.717, 1.165) is 13.0 Å². The molecule has 0 radical (unpaired) electrons. The molecule has 0 saturated heterocycles. The van der Waals surface area contributed by atoms with E-state index in [9.17, 15) is 4.79 Å². The predicted octanol–water partition coefficient (Wildman–Crippen LogP) is 2.50. The quantitative estimate of drug-likeness (QED) is 0.743. The summed E-state index contributed by atoms with van der Waals surface area (Å²) in [5.41, 5.74) is 0.612. The first-order valence-corrected chi connectivity index (χ1v) is 7.42. The fourth-order valence-corrected chi connectivity index (χ4v) is 1.98. The Kier molecular flexibility index (Phi) is 7.09. The maximum absolute atomic E-state index is 11.9. The number of rotatable bonds is 8. The highest BCUT2D eigenvalue weighted by Gasteiger charge is 2.07. The van der Waals surface area contributed by atoms with Gasteiger partial charge in [-0.3, -0.25) is 4.79 Å². The summed E-state index contributed by atoms with van der Waals surface area (Å²) in [6.45, 7) is 8.89. The molecule has 108 valence electrons. The van der Waals surface area contributed by atoms with Crippen LogP contribution in [0.15, 0.2) is 15.5 Å². The molecule has 0 spiro atoms. The Labute approximate surface area is 122 Å². The predicted molar refractivity (Wildman–Crippen MR) is 80.6 cm³/mol. The smallest absolute Gasteiger partial charge is 0.283 e. The lowest BCUT2D eigenvalue weighted by Gasteiger charge is -2.11. The van der Waals surface area contributed by atoms with Crippen molar-refractivity contribution in [1.82, 2.24) is 9.78 Å². The van der Waals surface area contributed by atoms with E-state index in [1.807, 2.05) is 6.92 Å². The number of anilines is 1. The second kappa shape index (κ2) is 8.32. The molecule has 0 unspecified atom stereocenters. The van der Waals surface area contributed by atoms with Crippen molar-refractivity contribution in [3.05, 3.63) is 21.0 Å². The normalized spacial score (nSPS) is 11.0. The summed E-state index contributed by atoms with van der Waals surface area (Å²) in [6.07, 6.45) is 2.55. The van der Waals surface area contributed by atoms with Gasteiger partial charge < -0.3 is 10.1 Å². The summed E-state index contributed by atoms with van der Waals surface area (Å²) in [7, 11) is 0. The van der Waals surface area contributed by atoms with Crippen LogP contribution in [0, 0.1) is 5.92 Å². The highest BCUT2D eigenvalue weighted by atomic mass is 79.9. The molecule has 19 heavy (non-hydrogen) atoms. The molecule has 0 aliphatic carbocycles. The molecule has 1 N–H and O–H groups in total. The minimum absolute atomic E-state index is 0.102. The standard InChI is InChI=1S/C13H22BrN3O2/c1-4-6-17-13(18)12(14)11(8-16-17)15-5-7-19-9-10(2)3/h8,10,15H,4-7,9H2,1-3H3. The lowest BCUT2D eigenvalue weighted by atomic mass is 10.2. The van der Waals surface area contributed by atoms with E-state index in [4.69, 9.17) is 4.74 Å². The van der Waals surface area contributed by atoms with Gasteiger partial charge in [-0.2, -0.15) is 5.10 Å². The third kappa shape index (κ3) is 5.32. The van der Waals surface area contributed by atoms with E-state index in [1.165, 1.54) is 4.68 Å². The molecule has 0 atom stereocenters. The van der Waals surface area contributed by atoms with E-state index >= 15 is 0 Å². The van der Waals surface area contributed by atoms with E-state index in [1.54, 1.807) is 6.20 Å². The molecule has 1 heterocycles. The molecule has 1 aromatic heterocycles. The number of aryl methyl sites for hydroxylation is 1. The Morgan fingerprint density at radius 3 is 2.89 bits per heavy atom. The summed E-state index contributed by atoms with van der Waals surface area (Å²) >= 11 is 3.32. The van der Waals surface area contributed by atoms with Crippen molar-refractivity contribution in [1.29, 1.82) is 0 Å². The fourth-order valence-electron chi connectivity index (χ4n) is 1.54. The van der Waals surface area contributed by atoms with E-state index in [0.29, 0.717) is 35.8 Å². The number of ether oxygens (including phenoxy) is 1. The van der Waals surface area contributed by atoms with Crippen LogP contribution in [0.25, 0.3) is 0 Å². The molecule has 0 aliphatic heterocycles. The van der Waals surface area contributed by atoms with Gasteiger partial charge in [-0.25, -0.2) is 4.68 Å². The van der Waals surface area contributed by atoms with E-state index in [2.05, 4.69) is 40.2 Å². The van der Waals surface area contributed by atoms with Gasteiger partial charge in [-0.05, 0) is 28.3 Å². The van der Waals surface area contributed by atoms with Crippen molar-refractivity contribution in [2.75, 3.05) is 25.1 Å². The third-order valence-corrected chi connectivity index (χ3v) is 3.20. The van der Waals surface area contributed by atoms with E-state index in [-0.39, 0.29) is 5.56 Å². The van der Waals surface area contributed by atoms with Crippen molar-refractivity contribution < 1.29 is 4.74 Å². The summed E-state index contributed by atoms with van der Waals surface area (Å²) < 4.78 is 7.46. The van der Waals surface area contributed by atoms with Crippen LogP contribution in [0.3, 0.4) is 0 Å². The number of aromatic nitrogens is 2. The van der Waals surface area contributed by atoms with Crippen LogP contribution in [0.4, 0.5) is 5.69 Å². The largest absolute Gasteiger partial charge is 0.380 e. The molecule has 6 heteroatoms. The van der Waals surface area contributed by atoms with Gasteiger partial charge in [0.25, 0.3) is 5.56 Å². The molecule has 0 bridgehead atoms. The van der Waals surface area contributed by atoms with Crippen molar-refractivity contribution in [2.24, 2.45) is 5.92 Å². The van der Waals surface area contributed by atoms with Crippen molar-refractivity contribution in [3.8, 4) is 0 Å². The lowest BCUT2D eigenvalue weighted by Crippen LogP contribution is -2.25. The lowest BCUT2D eigenvalue weighted by molar-refractivity contribution is 0.118. The molecule has 1 aromatic rings. The van der Waals surface area contributed by atoms with Crippen molar-refractivity contribution in [2.45, 2.75) is 33.7 Å². The molecule has 0 aromatic carbocycles. The maximum Gasteiger partial charge on any atom is 0.283 e. The van der Waals surface area contributed by atoms with Gasteiger partial charge in [0.05, 0.1) is 18.5 Å². The summed E-state index contributed by atoms with van der Waals surface area (Å²) in [6, 6.07) is 0. The van der Waals surface area contributed by atoms with Gasteiger partial charge in [0.15, 0.2) is 0 Å². The second-order valence-electron chi connectivity index (χ2n) is 4.80. The van der Waals surface area contributed by atoms with Crippen LogP contribution >= 0.6 is 15.9 Å². The molecule has 0 aliphatic rings. The van der Waals surface area contributed by atoms with Crippen LogP contribution in [0.5, 0.6) is 0 Å². The Balaban J connectivity index is 2.51. The summed E-state index contributed by atoms with van der Waals surface area (Å²) in [5.74, 6) is 0.534. The molecular formula is C13H22BrN3O2. The van der Waals surface area contributed by atoms with Crippen LogP contribution < -0.4 is 10.9 Å². The second-order valence-corrected chi connectivity index (χ2v) is 5.59. The van der Waals surface area contributed by atoms with Crippen LogP contribution in [-0.2, 0) is 11.3 Å². The Hall–Kier alpha value is -0.880. The first-order valence-electron chi connectivity index (χ1n) is 6.63. The zero-order chi connectivity index (χ0) is 14.3. The zero-order valence-corrected chi connectivity index (χ0v) is 13.4. The van der Waals surface area contributed by atoms with Gasteiger partial charge in [0, 0.05) is 19.7 Å². The Bertz CT molecular complexity index is 446. The minimum atomic E-state index is -0.102. The first-order chi connectivity index (χ1) is 9.06. The highest BCUT2D eigenvalue weighted by Crippen LogP contribution is 2.15. The fraction of sp³-hybridized carbons (Fsp3) is 0.692. The first kappa shape index (κ1) is 16.2. The molecular weight excluding hydrogens is 310 g/mol. The maximum atomic E-state index is 11.9. The number of hydrogen-bond donors (Lipinski definition) is 1. The summed E-state index contributed by atoms with van der Waals surface area (Å²) in [5, 5.41) is 7.28. The summed E-state index contributed by atoms with van der Waals surface area (Å²) in [4.78, 5) is 11.9. The van der Waals surface area contributed by atoms with Gasteiger partial charge in [0.2, 0.25) is 0 Å². The van der Waals surface area contributed by atoms with Crippen LogP contribution in [0.1, 0.15) is 27.2 Å².